The predicted octanol–water partition coefficient (Wildman–Crippen LogP) is 4.69. The summed E-state index contributed by atoms with van der Waals surface area (Å²) in [6.07, 6.45) is 2.80. The highest BCUT2D eigenvalue weighted by Crippen LogP contribution is 2.27. The highest BCUT2D eigenvalue weighted by atomic mass is 16.5. The minimum Gasteiger partial charge on any atom is -0.370 e. The number of ether oxygens (including phenoxy) is 1. The number of hydrogen-bond acceptors (Lipinski definition) is 2. The van der Waals surface area contributed by atoms with E-state index in [-0.39, 0.29) is 11.9 Å². The highest BCUT2D eigenvalue weighted by Gasteiger charge is 2.26. The smallest absolute Gasteiger partial charge is 0.191 e. The number of carbonyl (C=O) groups excluding carboxylic acids is 1. The molecular formula is C18H26O2. The first kappa shape index (κ1) is 15.2. The summed E-state index contributed by atoms with van der Waals surface area (Å²) in [4.78, 5) is 12.7. The Kier molecular flexibility index (Phi) is 4.98. The van der Waals surface area contributed by atoms with Gasteiger partial charge in [-0.15, -0.1) is 0 Å². The largest absolute Gasteiger partial charge is 0.370 e. The summed E-state index contributed by atoms with van der Waals surface area (Å²) in [5.41, 5.74) is 3.32. The highest BCUT2D eigenvalue weighted by molar-refractivity contribution is 6.01. The zero-order chi connectivity index (χ0) is 14.7. The van der Waals surface area contributed by atoms with Crippen molar-refractivity contribution in [3.63, 3.8) is 0 Å². The van der Waals surface area contributed by atoms with E-state index in [1.165, 1.54) is 5.56 Å². The van der Waals surface area contributed by atoms with Crippen molar-refractivity contribution < 1.29 is 9.53 Å². The third-order valence-electron chi connectivity index (χ3n) is 4.10. The predicted molar refractivity (Wildman–Crippen MR) is 82.5 cm³/mol. The molecule has 2 rings (SSSR count). The molecule has 0 aliphatic carbocycles. The van der Waals surface area contributed by atoms with Crippen molar-refractivity contribution >= 4 is 5.78 Å². The van der Waals surface area contributed by atoms with E-state index in [9.17, 15) is 4.79 Å². The van der Waals surface area contributed by atoms with E-state index >= 15 is 0 Å². The van der Waals surface area contributed by atoms with Crippen LogP contribution in [0.2, 0.25) is 0 Å². The van der Waals surface area contributed by atoms with Crippen molar-refractivity contribution in [3.8, 4) is 0 Å². The second-order valence-corrected chi connectivity index (χ2v) is 6.38. The molecule has 2 heteroatoms. The molecular weight excluding hydrogens is 248 g/mol. The van der Waals surface area contributed by atoms with Crippen LogP contribution in [0, 0.1) is 0 Å². The lowest BCUT2D eigenvalue weighted by molar-refractivity contribution is 0.0185. The molecule has 0 amide bonds. The lowest BCUT2D eigenvalue weighted by Gasteiger charge is -2.23. The van der Waals surface area contributed by atoms with E-state index in [1.807, 2.05) is 6.07 Å². The first-order chi connectivity index (χ1) is 9.50. The van der Waals surface area contributed by atoms with Crippen LogP contribution >= 0.6 is 0 Å². The van der Waals surface area contributed by atoms with E-state index in [0.717, 1.165) is 37.0 Å². The normalized spacial score (nSPS) is 19.6. The second kappa shape index (κ2) is 6.53. The van der Waals surface area contributed by atoms with Gasteiger partial charge >= 0.3 is 0 Å². The Morgan fingerprint density at radius 2 is 1.90 bits per heavy atom. The summed E-state index contributed by atoms with van der Waals surface area (Å²) in [5.74, 6) is 1.02. The quantitative estimate of drug-likeness (QED) is 0.745. The van der Waals surface area contributed by atoms with Gasteiger partial charge in [-0.25, -0.2) is 0 Å². The fourth-order valence-electron chi connectivity index (χ4n) is 2.76. The Hall–Kier alpha value is -1.15. The molecule has 1 aliphatic rings. The van der Waals surface area contributed by atoms with Crippen LogP contribution in [0.1, 0.15) is 80.3 Å². The summed E-state index contributed by atoms with van der Waals surface area (Å²) in [6.45, 7) is 9.39. The minimum absolute atomic E-state index is 0.170. The Labute approximate surface area is 122 Å². The van der Waals surface area contributed by atoms with E-state index in [2.05, 4.69) is 39.8 Å². The number of hydrogen-bond donors (Lipinski definition) is 0. The lowest BCUT2D eigenvalue weighted by atomic mass is 9.88. The van der Waals surface area contributed by atoms with Gasteiger partial charge in [0, 0.05) is 12.2 Å². The maximum atomic E-state index is 12.7. The van der Waals surface area contributed by atoms with Crippen molar-refractivity contribution in [3.05, 3.63) is 34.9 Å². The second-order valence-electron chi connectivity index (χ2n) is 6.38. The van der Waals surface area contributed by atoms with E-state index in [0.29, 0.717) is 11.8 Å². The molecule has 1 unspecified atom stereocenters. The zero-order valence-electron chi connectivity index (χ0n) is 13.1. The third kappa shape index (κ3) is 3.29. The van der Waals surface area contributed by atoms with Crippen LogP contribution in [0.25, 0.3) is 0 Å². The molecule has 1 aromatic carbocycles. The summed E-state index contributed by atoms with van der Waals surface area (Å²) < 4.78 is 5.66. The van der Waals surface area contributed by atoms with Crippen LogP contribution in [0.4, 0.5) is 0 Å². The van der Waals surface area contributed by atoms with Crippen molar-refractivity contribution in [1.29, 1.82) is 0 Å². The minimum atomic E-state index is -0.230. The number of carbonyl (C=O) groups is 1. The average molecular weight is 274 g/mol. The summed E-state index contributed by atoms with van der Waals surface area (Å²) in [6, 6.07) is 6.29. The van der Waals surface area contributed by atoms with Gasteiger partial charge in [0.05, 0.1) is 0 Å². The molecule has 0 N–H and O–H groups in total. The maximum absolute atomic E-state index is 12.7. The first-order valence-corrected chi connectivity index (χ1v) is 7.80. The van der Waals surface area contributed by atoms with Crippen molar-refractivity contribution in [1.82, 2.24) is 0 Å². The van der Waals surface area contributed by atoms with Crippen LogP contribution in [-0.4, -0.2) is 18.5 Å². The van der Waals surface area contributed by atoms with Gasteiger partial charge < -0.3 is 4.74 Å². The summed E-state index contributed by atoms with van der Waals surface area (Å²) in [7, 11) is 0. The van der Waals surface area contributed by atoms with E-state index in [1.54, 1.807) is 0 Å². The monoisotopic (exact) mass is 274 g/mol. The number of rotatable bonds is 4. The molecule has 1 aromatic rings. The molecule has 0 saturated carbocycles. The summed E-state index contributed by atoms with van der Waals surface area (Å²) in [5, 5.41) is 0. The fraction of sp³-hybridized carbons (Fsp3) is 0.611. The maximum Gasteiger partial charge on any atom is 0.191 e. The molecule has 0 aromatic heterocycles. The molecule has 0 bridgehead atoms. The molecule has 1 aliphatic heterocycles. The lowest BCUT2D eigenvalue weighted by Crippen LogP contribution is -2.29. The van der Waals surface area contributed by atoms with Crippen LogP contribution < -0.4 is 0 Å². The van der Waals surface area contributed by atoms with Gasteiger partial charge in [-0.05, 0) is 42.2 Å². The zero-order valence-corrected chi connectivity index (χ0v) is 13.1. The molecule has 1 heterocycles. The molecule has 1 saturated heterocycles. The average Bonchev–Trinajstić information content (AvgIpc) is 2.46. The van der Waals surface area contributed by atoms with E-state index < -0.39 is 0 Å². The third-order valence-corrected chi connectivity index (χ3v) is 4.10. The topological polar surface area (TPSA) is 26.3 Å². The van der Waals surface area contributed by atoms with Crippen LogP contribution in [0.3, 0.4) is 0 Å². The standard InChI is InChI=1S/C18H26O2/c1-12(2)14-8-9-15(16(11-14)13(3)4)18(19)17-7-5-6-10-20-17/h8-9,11-13,17H,5-7,10H2,1-4H3. The Balaban J connectivity index is 2.32. The van der Waals surface area contributed by atoms with Gasteiger partial charge in [0.25, 0.3) is 0 Å². The molecule has 0 radical (unpaired) electrons. The van der Waals surface area contributed by atoms with E-state index in [4.69, 9.17) is 4.74 Å². The molecule has 1 atom stereocenters. The SMILES string of the molecule is CC(C)c1ccc(C(=O)C2CCCCO2)c(C(C)C)c1. The Morgan fingerprint density at radius 3 is 2.45 bits per heavy atom. The molecule has 1 fully saturated rings. The molecule has 2 nitrogen and oxygen atoms in total. The number of benzene rings is 1. The number of Topliss-reactive ketones (excluding diaryl/α,β-unsaturated/α-hetero) is 1. The molecule has 110 valence electrons. The van der Waals surface area contributed by atoms with Crippen LogP contribution in [0.15, 0.2) is 18.2 Å². The van der Waals surface area contributed by atoms with Crippen LogP contribution in [-0.2, 0) is 4.74 Å². The molecule has 20 heavy (non-hydrogen) atoms. The van der Waals surface area contributed by atoms with Gasteiger partial charge in [0.15, 0.2) is 5.78 Å². The van der Waals surface area contributed by atoms with Gasteiger partial charge in [-0.3, -0.25) is 4.79 Å². The van der Waals surface area contributed by atoms with Crippen molar-refractivity contribution in [2.45, 2.75) is 64.9 Å². The summed E-state index contributed by atoms with van der Waals surface area (Å²) >= 11 is 0. The Bertz CT molecular complexity index is 468. The van der Waals surface area contributed by atoms with Gasteiger partial charge in [-0.1, -0.05) is 45.9 Å². The van der Waals surface area contributed by atoms with Crippen molar-refractivity contribution in [2.75, 3.05) is 6.61 Å². The van der Waals surface area contributed by atoms with Gasteiger partial charge in [-0.2, -0.15) is 0 Å². The van der Waals surface area contributed by atoms with Gasteiger partial charge in [0.2, 0.25) is 0 Å². The molecule has 0 spiro atoms. The number of ketones is 1. The Morgan fingerprint density at radius 1 is 1.15 bits per heavy atom. The first-order valence-electron chi connectivity index (χ1n) is 7.80. The van der Waals surface area contributed by atoms with Crippen molar-refractivity contribution in [2.24, 2.45) is 0 Å². The van der Waals surface area contributed by atoms with Gasteiger partial charge in [0.1, 0.15) is 6.10 Å². The fourth-order valence-corrected chi connectivity index (χ4v) is 2.76. The van der Waals surface area contributed by atoms with Crippen LogP contribution in [0.5, 0.6) is 0 Å².